The predicted octanol–water partition coefficient (Wildman–Crippen LogP) is 4.08. The minimum Gasteiger partial charge on any atom is -0.297 e. The van der Waals surface area contributed by atoms with Gasteiger partial charge in [-0.1, -0.05) is 54.1 Å². The van der Waals surface area contributed by atoms with Crippen molar-refractivity contribution in [3.63, 3.8) is 0 Å². The van der Waals surface area contributed by atoms with E-state index in [-0.39, 0.29) is 11.8 Å². The zero-order chi connectivity index (χ0) is 14.7. The molecule has 0 N–H and O–H groups in total. The minimum atomic E-state index is 0.0508. The van der Waals surface area contributed by atoms with Crippen molar-refractivity contribution < 1.29 is 0 Å². The summed E-state index contributed by atoms with van der Waals surface area (Å²) in [5, 5.41) is 10.2. The van der Waals surface area contributed by atoms with E-state index in [9.17, 15) is 5.26 Å². The maximum Gasteiger partial charge on any atom is 0.0676 e. The first-order valence-corrected chi connectivity index (χ1v) is 7.55. The van der Waals surface area contributed by atoms with Gasteiger partial charge in [0.25, 0.3) is 0 Å². The fraction of sp³-hybridized carbons (Fsp3) is 0.278. The van der Waals surface area contributed by atoms with Gasteiger partial charge in [-0.3, -0.25) is 4.90 Å². The number of nitriles is 1. The Morgan fingerprint density at radius 2 is 1.76 bits per heavy atom. The Morgan fingerprint density at radius 1 is 1.05 bits per heavy atom. The van der Waals surface area contributed by atoms with Crippen LogP contribution in [-0.4, -0.2) is 18.0 Å². The molecule has 1 saturated heterocycles. The topological polar surface area (TPSA) is 27.0 Å². The zero-order valence-electron chi connectivity index (χ0n) is 11.7. The summed E-state index contributed by atoms with van der Waals surface area (Å²) in [6.45, 7) is 2.66. The molecule has 0 radical (unpaired) electrons. The van der Waals surface area contributed by atoms with Crippen molar-refractivity contribution in [2.24, 2.45) is 5.92 Å². The minimum absolute atomic E-state index is 0.0508. The van der Waals surface area contributed by atoms with E-state index in [0.29, 0.717) is 0 Å². The van der Waals surface area contributed by atoms with Crippen LogP contribution >= 0.6 is 11.6 Å². The first-order chi connectivity index (χ1) is 10.3. The largest absolute Gasteiger partial charge is 0.297 e. The fourth-order valence-electron chi connectivity index (χ4n) is 3.03. The Kier molecular flexibility index (Phi) is 4.24. The molecule has 3 heteroatoms. The lowest BCUT2D eigenvalue weighted by Gasteiger charge is -2.16. The smallest absolute Gasteiger partial charge is 0.0676 e. The Balaban J connectivity index is 1.74. The maximum atomic E-state index is 9.43. The van der Waals surface area contributed by atoms with Crippen LogP contribution in [0.4, 0.5) is 0 Å². The molecule has 106 valence electrons. The maximum absolute atomic E-state index is 9.43. The van der Waals surface area contributed by atoms with Crippen LogP contribution in [0.3, 0.4) is 0 Å². The van der Waals surface area contributed by atoms with Gasteiger partial charge in [-0.15, -0.1) is 0 Å². The van der Waals surface area contributed by atoms with Gasteiger partial charge in [0.1, 0.15) is 0 Å². The molecule has 0 spiro atoms. The summed E-state index contributed by atoms with van der Waals surface area (Å²) < 4.78 is 0. The molecule has 0 aromatic heterocycles. The van der Waals surface area contributed by atoms with E-state index in [0.717, 1.165) is 24.7 Å². The summed E-state index contributed by atoms with van der Waals surface area (Å²) in [6, 6.07) is 20.8. The highest BCUT2D eigenvalue weighted by Crippen LogP contribution is 2.33. The third kappa shape index (κ3) is 3.26. The van der Waals surface area contributed by atoms with E-state index in [2.05, 4.69) is 35.2 Å². The fourth-order valence-corrected chi connectivity index (χ4v) is 3.16. The highest BCUT2D eigenvalue weighted by Gasteiger charge is 2.33. The number of hydrogen-bond acceptors (Lipinski definition) is 2. The van der Waals surface area contributed by atoms with Crippen molar-refractivity contribution in [3.05, 3.63) is 70.7 Å². The lowest BCUT2D eigenvalue weighted by Crippen LogP contribution is -2.20. The van der Waals surface area contributed by atoms with E-state index < -0.39 is 0 Å². The molecule has 1 fully saturated rings. The van der Waals surface area contributed by atoms with Gasteiger partial charge in [0.05, 0.1) is 12.0 Å². The second kappa shape index (κ2) is 6.30. The van der Waals surface area contributed by atoms with Gasteiger partial charge in [0, 0.05) is 30.6 Å². The average Bonchev–Trinajstić information content (AvgIpc) is 2.92. The molecular weight excluding hydrogens is 280 g/mol. The lowest BCUT2D eigenvalue weighted by atomic mass is 9.90. The van der Waals surface area contributed by atoms with Crippen molar-refractivity contribution in [3.8, 4) is 6.07 Å². The molecule has 0 bridgehead atoms. The van der Waals surface area contributed by atoms with Crippen LogP contribution in [0.5, 0.6) is 0 Å². The van der Waals surface area contributed by atoms with Crippen LogP contribution in [0.1, 0.15) is 17.0 Å². The van der Waals surface area contributed by atoms with E-state index in [1.807, 2.05) is 30.3 Å². The van der Waals surface area contributed by atoms with E-state index in [1.165, 1.54) is 11.1 Å². The molecule has 2 aromatic rings. The van der Waals surface area contributed by atoms with E-state index >= 15 is 0 Å². The van der Waals surface area contributed by atoms with Crippen LogP contribution in [0, 0.1) is 17.2 Å². The number of nitrogens with zero attached hydrogens (tertiary/aromatic N) is 2. The van der Waals surface area contributed by atoms with Gasteiger partial charge >= 0.3 is 0 Å². The average molecular weight is 297 g/mol. The first kappa shape index (κ1) is 14.1. The number of halogens is 1. The van der Waals surface area contributed by atoms with Gasteiger partial charge < -0.3 is 0 Å². The van der Waals surface area contributed by atoms with Gasteiger partial charge in [0.15, 0.2) is 0 Å². The molecule has 3 rings (SSSR count). The summed E-state index contributed by atoms with van der Waals surface area (Å²) in [7, 11) is 0. The molecular formula is C18H17ClN2. The van der Waals surface area contributed by atoms with Gasteiger partial charge in [-0.25, -0.2) is 0 Å². The molecule has 1 aliphatic heterocycles. The molecule has 2 aromatic carbocycles. The monoisotopic (exact) mass is 296 g/mol. The van der Waals surface area contributed by atoms with Crippen molar-refractivity contribution in [2.75, 3.05) is 13.1 Å². The van der Waals surface area contributed by atoms with E-state index in [1.54, 1.807) is 0 Å². The standard InChI is InChI=1S/C18H17ClN2/c19-17-8-6-15(7-9-17)18-13-21(12-16(18)10-20)11-14-4-2-1-3-5-14/h1-9,16,18H,11-13H2. The SMILES string of the molecule is N#CC1CN(Cc2ccccc2)CC1c1ccc(Cl)cc1. The molecule has 0 saturated carbocycles. The predicted molar refractivity (Wildman–Crippen MR) is 85.0 cm³/mol. The quantitative estimate of drug-likeness (QED) is 0.853. The van der Waals surface area contributed by atoms with Crippen LogP contribution in [0.25, 0.3) is 0 Å². The second-order valence-corrected chi connectivity index (χ2v) is 6.01. The molecule has 1 aliphatic rings. The Bertz CT molecular complexity index is 631. The molecule has 2 unspecified atom stereocenters. The number of rotatable bonds is 3. The van der Waals surface area contributed by atoms with Crippen molar-refractivity contribution in [1.29, 1.82) is 5.26 Å². The summed E-state index contributed by atoms with van der Waals surface area (Å²) in [5.41, 5.74) is 2.51. The van der Waals surface area contributed by atoms with Gasteiger partial charge in [-0.05, 0) is 23.3 Å². The summed E-state index contributed by atoms with van der Waals surface area (Å²) >= 11 is 5.95. The highest BCUT2D eigenvalue weighted by atomic mass is 35.5. The molecule has 2 nitrogen and oxygen atoms in total. The molecule has 0 aliphatic carbocycles. The molecule has 0 amide bonds. The Morgan fingerprint density at radius 3 is 2.43 bits per heavy atom. The summed E-state index contributed by atoms with van der Waals surface area (Å²) in [5.74, 6) is 0.325. The lowest BCUT2D eigenvalue weighted by molar-refractivity contribution is 0.322. The summed E-state index contributed by atoms with van der Waals surface area (Å²) in [6.07, 6.45) is 0. The van der Waals surface area contributed by atoms with Gasteiger partial charge in [0.2, 0.25) is 0 Å². The molecule has 21 heavy (non-hydrogen) atoms. The highest BCUT2D eigenvalue weighted by molar-refractivity contribution is 6.30. The van der Waals surface area contributed by atoms with Crippen LogP contribution in [0.15, 0.2) is 54.6 Å². The molecule has 1 heterocycles. The van der Waals surface area contributed by atoms with Crippen molar-refractivity contribution >= 4 is 11.6 Å². The van der Waals surface area contributed by atoms with E-state index in [4.69, 9.17) is 11.6 Å². The Hall–Kier alpha value is -1.82. The van der Waals surface area contributed by atoms with Crippen molar-refractivity contribution in [2.45, 2.75) is 12.5 Å². The van der Waals surface area contributed by atoms with Crippen LogP contribution in [-0.2, 0) is 6.54 Å². The van der Waals surface area contributed by atoms with Crippen molar-refractivity contribution in [1.82, 2.24) is 4.90 Å². The van der Waals surface area contributed by atoms with Crippen LogP contribution in [0.2, 0.25) is 5.02 Å². The van der Waals surface area contributed by atoms with Gasteiger partial charge in [-0.2, -0.15) is 5.26 Å². The Labute approximate surface area is 130 Å². The molecule has 2 atom stereocenters. The third-order valence-corrected chi connectivity index (χ3v) is 4.36. The first-order valence-electron chi connectivity index (χ1n) is 7.17. The second-order valence-electron chi connectivity index (χ2n) is 5.57. The number of hydrogen-bond donors (Lipinski definition) is 0. The number of benzene rings is 2. The number of likely N-dealkylation sites (tertiary alicyclic amines) is 1. The van der Waals surface area contributed by atoms with Crippen LogP contribution < -0.4 is 0 Å². The summed E-state index contributed by atoms with van der Waals surface area (Å²) in [4.78, 5) is 2.36. The normalized spacial score (nSPS) is 22.1. The zero-order valence-corrected chi connectivity index (χ0v) is 12.5. The third-order valence-electron chi connectivity index (χ3n) is 4.11.